The van der Waals surface area contributed by atoms with Gasteiger partial charge in [-0.05, 0) is 94.3 Å². The van der Waals surface area contributed by atoms with E-state index in [-0.39, 0.29) is 23.6 Å². The Balaban J connectivity index is 1.28. The molecule has 1 spiro atoms. The normalized spacial score (nSPS) is 54.1. The topological polar surface area (TPSA) is 76.1 Å². The fraction of sp³-hybridized carbons (Fsp3) is 0.857. The molecule has 5 nitrogen and oxygen atoms in total. The largest absolute Gasteiger partial charge is 0.458 e. The van der Waals surface area contributed by atoms with Crippen molar-refractivity contribution >= 4 is 11.8 Å². The summed E-state index contributed by atoms with van der Waals surface area (Å²) < 4.78 is 12.2. The lowest BCUT2D eigenvalue weighted by Gasteiger charge is -2.59. The predicted molar refractivity (Wildman–Crippen MR) is 123 cm³/mol. The van der Waals surface area contributed by atoms with E-state index < -0.39 is 17.1 Å². The molecule has 6 aliphatic rings. The van der Waals surface area contributed by atoms with Crippen molar-refractivity contribution in [1.29, 1.82) is 0 Å². The van der Waals surface area contributed by atoms with Crippen molar-refractivity contribution in [3.63, 3.8) is 0 Å². The zero-order valence-electron chi connectivity index (χ0n) is 20.9. The fourth-order valence-corrected chi connectivity index (χ4v) is 9.91. The number of fused-ring (bicyclic) bond motifs is 4. The second-order valence-corrected chi connectivity index (χ2v) is 12.8. The minimum Gasteiger partial charge on any atom is -0.458 e. The number of hydrogen-bond donors (Lipinski definition) is 1. The Kier molecular flexibility index (Phi) is 4.68. The van der Waals surface area contributed by atoms with Crippen LogP contribution in [-0.2, 0) is 19.1 Å². The Hall–Kier alpha value is -1.20. The highest BCUT2D eigenvalue weighted by molar-refractivity contribution is 5.89. The van der Waals surface area contributed by atoms with Crippen LogP contribution in [0.5, 0.6) is 0 Å². The minimum atomic E-state index is -0.611. The molecule has 33 heavy (non-hydrogen) atoms. The van der Waals surface area contributed by atoms with E-state index >= 15 is 0 Å². The van der Waals surface area contributed by atoms with Gasteiger partial charge in [-0.2, -0.15) is 0 Å². The van der Waals surface area contributed by atoms with Crippen molar-refractivity contribution in [3.05, 3.63) is 11.1 Å². The summed E-state index contributed by atoms with van der Waals surface area (Å²) in [4.78, 5) is 25.8. The van der Waals surface area contributed by atoms with Crippen LogP contribution in [0.15, 0.2) is 11.1 Å². The number of aliphatic hydroxyl groups is 1. The molecular weight excluding hydrogens is 416 g/mol. The molecule has 5 heteroatoms. The Morgan fingerprint density at radius 1 is 1.06 bits per heavy atom. The zero-order chi connectivity index (χ0) is 23.5. The second kappa shape index (κ2) is 6.94. The van der Waals surface area contributed by atoms with Gasteiger partial charge in [0.25, 0.3) is 0 Å². The van der Waals surface area contributed by atoms with Gasteiger partial charge in [-0.15, -0.1) is 0 Å². The molecule has 0 aromatic carbocycles. The Labute approximate surface area is 197 Å². The number of ketones is 1. The number of aliphatic hydroxyl groups excluding tert-OH is 1. The van der Waals surface area contributed by atoms with Crippen LogP contribution in [-0.4, -0.2) is 40.8 Å². The monoisotopic (exact) mass is 456 g/mol. The van der Waals surface area contributed by atoms with E-state index in [0.717, 1.165) is 31.3 Å². The maximum absolute atomic E-state index is 13.4. The van der Waals surface area contributed by atoms with Gasteiger partial charge in [0.1, 0.15) is 17.5 Å². The number of hydrogen-bond acceptors (Lipinski definition) is 5. The molecule has 1 N–H and O–H groups in total. The van der Waals surface area contributed by atoms with Gasteiger partial charge in [0, 0.05) is 18.4 Å². The Bertz CT molecular complexity index is 939. The van der Waals surface area contributed by atoms with Crippen molar-refractivity contribution < 1.29 is 24.2 Å². The molecule has 2 heterocycles. The Morgan fingerprint density at radius 2 is 1.82 bits per heavy atom. The van der Waals surface area contributed by atoms with Crippen LogP contribution in [0.3, 0.4) is 0 Å². The third-order valence-electron chi connectivity index (χ3n) is 12.0. The van der Waals surface area contributed by atoms with Gasteiger partial charge in [-0.25, -0.2) is 4.79 Å². The number of carbonyl (C=O) groups excluding carboxylic acids is 2. The summed E-state index contributed by atoms with van der Waals surface area (Å²) in [6.45, 7) is 10.9. The van der Waals surface area contributed by atoms with E-state index in [2.05, 4.69) is 27.7 Å². The average molecular weight is 457 g/mol. The van der Waals surface area contributed by atoms with E-state index in [1.807, 2.05) is 6.92 Å². The molecule has 182 valence electrons. The molecule has 0 radical (unpaired) electrons. The lowest BCUT2D eigenvalue weighted by atomic mass is 9.43. The highest BCUT2D eigenvalue weighted by Gasteiger charge is 2.80. The van der Waals surface area contributed by atoms with Gasteiger partial charge in [0.2, 0.25) is 0 Å². The molecule has 11 atom stereocenters. The third kappa shape index (κ3) is 2.62. The van der Waals surface area contributed by atoms with Gasteiger partial charge < -0.3 is 14.6 Å². The molecule has 2 aliphatic heterocycles. The summed E-state index contributed by atoms with van der Waals surface area (Å²) in [5.41, 5.74) is 1.00. The molecule has 4 aliphatic carbocycles. The van der Waals surface area contributed by atoms with E-state index in [4.69, 9.17) is 9.47 Å². The minimum absolute atomic E-state index is 0.0298. The van der Waals surface area contributed by atoms with Crippen molar-refractivity contribution in [1.82, 2.24) is 0 Å². The summed E-state index contributed by atoms with van der Waals surface area (Å²) >= 11 is 0. The quantitative estimate of drug-likeness (QED) is 0.485. The van der Waals surface area contributed by atoms with Crippen molar-refractivity contribution in [3.8, 4) is 0 Å². The predicted octanol–water partition coefficient (Wildman–Crippen LogP) is 4.60. The maximum atomic E-state index is 13.4. The van der Waals surface area contributed by atoms with Crippen LogP contribution in [0.25, 0.3) is 0 Å². The molecule has 0 aromatic rings. The summed E-state index contributed by atoms with van der Waals surface area (Å²) in [5.74, 6) is 2.41. The molecule has 0 amide bonds. The van der Waals surface area contributed by atoms with Crippen LogP contribution in [0.4, 0.5) is 0 Å². The standard InChI is InChI=1S/C28H40O5/c1-14-12-21(32-25(31)15(14)2)16(3)18-6-7-19-17-13-24-28(33-24)23(30)9-8-22(29)27(28,5)20(17)10-11-26(18,19)4/h16-21,23-24,30H,6-13H2,1-5H3/t16-,17-,18+,19-,20-,21+,23-,24+,26+,27-,28+/m0/s1. The lowest BCUT2D eigenvalue weighted by molar-refractivity contribution is -0.166. The number of ether oxygens (including phenoxy) is 2. The first-order valence-electron chi connectivity index (χ1n) is 13.3. The van der Waals surface area contributed by atoms with Gasteiger partial charge in [-0.3, -0.25) is 4.79 Å². The first-order valence-corrected chi connectivity index (χ1v) is 13.3. The third-order valence-corrected chi connectivity index (χ3v) is 12.0. The summed E-state index contributed by atoms with van der Waals surface area (Å²) in [7, 11) is 0. The maximum Gasteiger partial charge on any atom is 0.333 e. The number of esters is 1. The molecule has 0 bridgehead atoms. The first-order chi connectivity index (χ1) is 15.6. The molecule has 0 aromatic heterocycles. The first kappa shape index (κ1) is 22.3. The molecule has 6 rings (SSSR count). The molecular formula is C28H40O5. The summed E-state index contributed by atoms with van der Waals surface area (Å²) in [6.07, 6.45) is 6.90. The Morgan fingerprint density at radius 3 is 2.55 bits per heavy atom. The zero-order valence-corrected chi connectivity index (χ0v) is 20.9. The van der Waals surface area contributed by atoms with Gasteiger partial charge in [0.15, 0.2) is 0 Å². The van der Waals surface area contributed by atoms with Crippen molar-refractivity contribution in [2.45, 2.75) is 110 Å². The van der Waals surface area contributed by atoms with Gasteiger partial charge >= 0.3 is 5.97 Å². The van der Waals surface area contributed by atoms with Crippen molar-refractivity contribution in [2.24, 2.45) is 40.4 Å². The smallest absolute Gasteiger partial charge is 0.333 e. The van der Waals surface area contributed by atoms with E-state index in [1.165, 1.54) is 18.4 Å². The van der Waals surface area contributed by atoms with Gasteiger partial charge in [-0.1, -0.05) is 19.4 Å². The van der Waals surface area contributed by atoms with Crippen LogP contribution in [0, 0.1) is 40.4 Å². The van der Waals surface area contributed by atoms with Crippen LogP contribution in [0.2, 0.25) is 0 Å². The number of Topliss-reactive ketones (excluding diaryl/α,β-unsaturated/α-hetero) is 1. The summed E-state index contributed by atoms with van der Waals surface area (Å²) in [6, 6.07) is 0. The highest BCUT2D eigenvalue weighted by atomic mass is 16.6. The van der Waals surface area contributed by atoms with E-state index in [9.17, 15) is 14.7 Å². The highest BCUT2D eigenvalue weighted by Crippen LogP contribution is 2.73. The number of carbonyl (C=O) groups is 2. The molecule has 4 saturated carbocycles. The van der Waals surface area contributed by atoms with Crippen LogP contribution < -0.4 is 0 Å². The van der Waals surface area contributed by atoms with E-state index in [1.54, 1.807) is 0 Å². The SMILES string of the molecule is CC1=C(C)C(=O)O[C@@H]([C@@H](C)[C@H]2CC[C@H]3[C@@H]4C[C@H]5O[C@]56[C@@H](O)CCC(=O)[C@]6(C)[C@H]4CC[C@]23C)C1. The van der Waals surface area contributed by atoms with Crippen LogP contribution in [0.1, 0.15) is 86.0 Å². The molecule has 0 unspecified atom stereocenters. The number of cyclic esters (lactones) is 1. The van der Waals surface area contributed by atoms with Crippen molar-refractivity contribution in [2.75, 3.05) is 0 Å². The molecule has 1 saturated heterocycles. The van der Waals surface area contributed by atoms with Crippen LogP contribution >= 0.6 is 0 Å². The average Bonchev–Trinajstić information content (AvgIpc) is 3.41. The summed E-state index contributed by atoms with van der Waals surface area (Å²) in [5, 5.41) is 10.9. The number of epoxide rings is 1. The molecule has 5 fully saturated rings. The number of rotatable bonds is 2. The lowest BCUT2D eigenvalue weighted by Crippen LogP contribution is -2.64. The van der Waals surface area contributed by atoms with E-state index in [0.29, 0.717) is 48.2 Å². The fourth-order valence-electron chi connectivity index (χ4n) is 9.91. The second-order valence-electron chi connectivity index (χ2n) is 12.8. The van der Waals surface area contributed by atoms with Gasteiger partial charge in [0.05, 0.1) is 17.6 Å².